The molecule has 0 aromatic carbocycles. The van der Waals surface area contributed by atoms with Crippen LogP contribution in [-0.2, 0) is 6.54 Å². The molecule has 0 atom stereocenters. The number of hydrogen-bond acceptors (Lipinski definition) is 3. The second-order valence-electron chi connectivity index (χ2n) is 3.59. The Morgan fingerprint density at radius 1 is 1.60 bits per heavy atom. The Kier molecular flexibility index (Phi) is 5.66. The van der Waals surface area contributed by atoms with Crippen LogP contribution >= 0.6 is 0 Å². The lowest BCUT2D eigenvalue weighted by molar-refractivity contribution is 0.326. The van der Waals surface area contributed by atoms with Crippen molar-refractivity contribution in [2.45, 2.75) is 6.54 Å². The first-order valence-electron chi connectivity index (χ1n) is 5.22. The van der Waals surface area contributed by atoms with Gasteiger partial charge in [-0.1, -0.05) is 12.1 Å². The number of pyridine rings is 1. The van der Waals surface area contributed by atoms with Crippen molar-refractivity contribution in [1.82, 2.24) is 15.2 Å². The van der Waals surface area contributed by atoms with Gasteiger partial charge in [0, 0.05) is 38.6 Å². The van der Waals surface area contributed by atoms with E-state index in [1.54, 1.807) is 6.20 Å². The van der Waals surface area contributed by atoms with E-state index in [4.69, 9.17) is 0 Å². The van der Waals surface area contributed by atoms with Crippen LogP contribution in [0.1, 0.15) is 5.56 Å². The highest BCUT2D eigenvalue weighted by Crippen LogP contribution is 1.99. The average molecular weight is 205 g/mol. The monoisotopic (exact) mass is 205 g/mol. The summed E-state index contributed by atoms with van der Waals surface area (Å²) in [5.41, 5.74) is 1.25. The molecule has 0 radical (unpaired) electrons. The summed E-state index contributed by atoms with van der Waals surface area (Å²) in [5.74, 6) is 0. The van der Waals surface area contributed by atoms with Crippen LogP contribution in [0.3, 0.4) is 0 Å². The van der Waals surface area contributed by atoms with E-state index in [1.165, 1.54) is 5.56 Å². The van der Waals surface area contributed by atoms with E-state index in [1.807, 2.05) is 18.3 Å². The van der Waals surface area contributed by atoms with Crippen LogP contribution in [0, 0.1) is 0 Å². The van der Waals surface area contributed by atoms with Gasteiger partial charge < -0.3 is 10.2 Å². The zero-order valence-corrected chi connectivity index (χ0v) is 9.32. The molecule has 0 spiro atoms. The van der Waals surface area contributed by atoms with E-state index in [0.717, 1.165) is 26.2 Å². The van der Waals surface area contributed by atoms with Gasteiger partial charge in [0.05, 0.1) is 0 Å². The lowest BCUT2D eigenvalue weighted by Crippen LogP contribution is -2.28. The molecular formula is C12H19N3. The van der Waals surface area contributed by atoms with Gasteiger partial charge in [-0.05, 0) is 18.7 Å². The summed E-state index contributed by atoms with van der Waals surface area (Å²) < 4.78 is 0. The first-order valence-corrected chi connectivity index (χ1v) is 5.22. The molecule has 1 aromatic heterocycles. The third-order valence-corrected chi connectivity index (χ3v) is 2.13. The Bertz CT molecular complexity index is 271. The Balaban J connectivity index is 2.18. The Morgan fingerprint density at radius 3 is 3.13 bits per heavy atom. The molecule has 0 aliphatic heterocycles. The fourth-order valence-corrected chi connectivity index (χ4v) is 1.36. The molecule has 1 rings (SSSR count). The molecule has 0 aliphatic rings. The van der Waals surface area contributed by atoms with Crippen molar-refractivity contribution in [3.05, 3.63) is 42.7 Å². The van der Waals surface area contributed by atoms with E-state index in [0.29, 0.717) is 0 Å². The van der Waals surface area contributed by atoms with Gasteiger partial charge in [0.1, 0.15) is 0 Å². The fraction of sp³-hybridized carbons (Fsp3) is 0.417. The van der Waals surface area contributed by atoms with Crippen molar-refractivity contribution in [2.75, 3.05) is 26.7 Å². The molecule has 1 N–H and O–H groups in total. The molecule has 1 heterocycles. The Labute approximate surface area is 91.8 Å². The van der Waals surface area contributed by atoms with Crippen molar-refractivity contribution >= 4 is 0 Å². The summed E-state index contributed by atoms with van der Waals surface area (Å²) in [6.45, 7) is 7.50. The van der Waals surface area contributed by atoms with Crippen molar-refractivity contribution < 1.29 is 0 Å². The molecule has 0 aliphatic carbocycles. The van der Waals surface area contributed by atoms with E-state index in [-0.39, 0.29) is 0 Å². The lowest BCUT2D eigenvalue weighted by Gasteiger charge is -2.16. The molecule has 15 heavy (non-hydrogen) atoms. The van der Waals surface area contributed by atoms with Crippen molar-refractivity contribution in [1.29, 1.82) is 0 Å². The van der Waals surface area contributed by atoms with Crippen LogP contribution in [0.4, 0.5) is 0 Å². The average Bonchev–Trinajstić information content (AvgIpc) is 2.26. The third kappa shape index (κ3) is 5.30. The van der Waals surface area contributed by atoms with Crippen LogP contribution in [0.25, 0.3) is 0 Å². The highest BCUT2D eigenvalue weighted by molar-refractivity contribution is 5.07. The van der Waals surface area contributed by atoms with Crippen LogP contribution in [-0.4, -0.2) is 36.6 Å². The fourth-order valence-electron chi connectivity index (χ4n) is 1.36. The molecule has 0 fully saturated rings. The second kappa shape index (κ2) is 7.15. The Morgan fingerprint density at radius 2 is 2.47 bits per heavy atom. The SMILES string of the molecule is C=CCNCCN(C)Cc1cccnc1. The number of hydrogen-bond donors (Lipinski definition) is 1. The number of nitrogens with one attached hydrogen (secondary N) is 1. The topological polar surface area (TPSA) is 28.2 Å². The molecule has 0 bridgehead atoms. The van der Waals surface area contributed by atoms with E-state index in [9.17, 15) is 0 Å². The van der Waals surface area contributed by atoms with Gasteiger partial charge in [0.25, 0.3) is 0 Å². The second-order valence-corrected chi connectivity index (χ2v) is 3.59. The maximum absolute atomic E-state index is 4.09. The first kappa shape index (κ1) is 11.9. The smallest absolute Gasteiger partial charge is 0.0312 e. The summed E-state index contributed by atoms with van der Waals surface area (Å²) in [6, 6.07) is 4.07. The predicted molar refractivity (Wildman–Crippen MR) is 63.6 cm³/mol. The lowest BCUT2D eigenvalue weighted by atomic mass is 10.3. The maximum Gasteiger partial charge on any atom is 0.0312 e. The van der Waals surface area contributed by atoms with Crippen LogP contribution < -0.4 is 5.32 Å². The molecular weight excluding hydrogens is 186 g/mol. The minimum Gasteiger partial charge on any atom is -0.312 e. The molecule has 0 amide bonds. The van der Waals surface area contributed by atoms with Crippen LogP contribution in [0.5, 0.6) is 0 Å². The number of nitrogens with zero attached hydrogens (tertiary/aromatic N) is 2. The Hall–Kier alpha value is -1.19. The molecule has 3 heteroatoms. The highest BCUT2D eigenvalue weighted by atomic mass is 15.1. The summed E-state index contributed by atoms with van der Waals surface area (Å²) >= 11 is 0. The summed E-state index contributed by atoms with van der Waals surface area (Å²) in [4.78, 5) is 6.36. The van der Waals surface area contributed by atoms with Gasteiger partial charge in [-0.15, -0.1) is 6.58 Å². The van der Waals surface area contributed by atoms with Crippen LogP contribution in [0.15, 0.2) is 37.2 Å². The summed E-state index contributed by atoms with van der Waals surface area (Å²) in [7, 11) is 2.11. The highest BCUT2D eigenvalue weighted by Gasteiger charge is 1.98. The van der Waals surface area contributed by atoms with Crippen LogP contribution in [0.2, 0.25) is 0 Å². The van der Waals surface area contributed by atoms with Gasteiger partial charge in [0.15, 0.2) is 0 Å². The molecule has 0 saturated heterocycles. The molecule has 0 unspecified atom stereocenters. The van der Waals surface area contributed by atoms with E-state index < -0.39 is 0 Å². The largest absolute Gasteiger partial charge is 0.312 e. The van der Waals surface area contributed by atoms with Crippen molar-refractivity contribution in [2.24, 2.45) is 0 Å². The number of likely N-dealkylation sites (N-methyl/N-ethyl adjacent to an activating group) is 1. The third-order valence-electron chi connectivity index (χ3n) is 2.13. The van der Waals surface area contributed by atoms with Gasteiger partial charge in [0.2, 0.25) is 0 Å². The van der Waals surface area contributed by atoms with Crippen molar-refractivity contribution in [3.8, 4) is 0 Å². The number of rotatable bonds is 7. The normalized spacial score (nSPS) is 10.5. The van der Waals surface area contributed by atoms with Gasteiger partial charge in [-0.2, -0.15) is 0 Å². The zero-order chi connectivity index (χ0) is 10.9. The number of aromatic nitrogens is 1. The minimum absolute atomic E-state index is 0.876. The molecule has 1 aromatic rings. The van der Waals surface area contributed by atoms with E-state index >= 15 is 0 Å². The van der Waals surface area contributed by atoms with Crippen molar-refractivity contribution in [3.63, 3.8) is 0 Å². The predicted octanol–water partition coefficient (Wildman–Crippen LogP) is 1.29. The molecule has 82 valence electrons. The minimum atomic E-state index is 0.876. The van der Waals surface area contributed by atoms with E-state index in [2.05, 4.69) is 34.9 Å². The molecule has 0 saturated carbocycles. The summed E-state index contributed by atoms with van der Waals surface area (Å²) in [5, 5.41) is 3.28. The quantitative estimate of drug-likeness (QED) is 0.537. The molecule has 3 nitrogen and oxygen atoms in total. The van der Waals surface area contributed by atoms with Gasteiger partial charge >= 0.3 is 0 Å². The standard InChI is InChI=1S/C12H19N3/c1-3-6-13-8-9-15(2)11-12-5-4-7-14-10-12/h3-5,7,10,13H,1,6,8-9,11H2,2H3. The van der Waals surface area contributed by atoms with Gasteiger partial charge in [-0.3, -0.25) is 4.98 Å². The van der Waals surface area contributed by atoms with Gasteiger partial charge in [-0.25, -0.2) is 0 Å². The first-order chi connectivity index (χ1) is 7.33. The maximum atomic E-state index is 4.09. The summed E-state index contributed by atoms with van der Waals surface area (Å²) in [6.07, 6.45) is 5.59. The zero-order valence-electron chi connectivity index (χ0n) is 9.32.